The SMILES string of the molecule is CN=C(NCCOc1ccc(S(C)(=O)=O)cc1)N1CCN(c2cccc(C)c2)CC1. The minimum absolute atomic E-state index is 0.290. The monoisotopic (exact) mass is 430 g/mol. The van der Waals surface area contributed by atoms with E-state index in [0.717, 1.165) is 32.1 Å². The highest BCUT2D eigenvalue weighted by atomic mass is 32.2. The molecule has 0 atom stereocenters. The highest BCUT2D eigenvalue weighted by Gasteiger charge is 2.19. The third-order valence-corrected chi connectivity index (χ3v) is 6.19. The first-order chi connectivity index (χ1) is 14.4. The molecule has 1 aliphatic rings. The van der Waals surface area contributed by atoms with Gasteiger partial charge in [-0.25, -0.2) is 8.42 Å². The molecule has 162 valence electrons. The average molecular weight is 431 g/mol. The van der Waals surface area contributed by atoms with Crippen LogP contribution in [0.5, 0.6) is 5.75 Å². The van der Waals surface area contributed by atoms with Crippen LogP contribution in [0.4, 0.5) is 5.69 Å². The summed E-state index contributed by atoms with van der Waals surface area (Å²) in [6.45, 7) is 6.90. The summed E-state index contributed by atoms with van der Waals surface area (Å²) in [5.41, 5.74) is 2.55. The minimum Gasteiger partial charge on any atom is -0.492 e. The summed E-state index contributed by atoms with van der Waals surface area (Å²) >= 11 is 0. The Morgan fingerprint density at radius 1 is 1.10 bits per heavy atom. The molecule has 1 aliphatic heterocycles. The molecule has 0 spiro atoms. The Kier molecular flexibility index (Phi) is 7.20. The van der Waals surface area contributed by atoms with Crippen molar-refractivity contribution in [1.82, 2.24) is 10.2 Å². The summed E-state index contributed by atoms with van der Waals surface area (Å²) in [4.78, 5) is 9.35. The second-order valence-electron chi connectivity index (χ2n) is 7.38. The van der Waals surface area contributed by atoms with Crippen LogP contribution in [0.3, 0.4) is 0 Å². The van der Waals surface area contributed by atoms with Crippen molar-refractivity contribution in [3.05, 3.63) is 54.1 Å². The van der Waals surface area contributed by atoms with Gasteiger partial charge in [0, 0.05) is 45.2 Å². The molecule has 3 rings (SSSR count). The van der Waals surface area contributed by atoms with Gasteiger partial charge >= 0.3 is 0 Å². The largest absolute Gasteiger partial charge is 0.492 e. The van der Waals surface area contributed by atoms with Crippen LogP contribution in [0.15, 0.2) is 58.4 Å². The zero-order valence-electron chi connectivity index (χ0n) is 17.8. The molecule has 0 aromatic heterocycles. The number of nitrogens with one attached hydrogen (secondary N) is 1. The van der Waals surface area contributed by atoms with Gasteiger partial charge in [0.1, 0.15) is 12.4 Å². The van der Waals surface area contributed by atoms with E-state index in [1.54, 1.807) is 31.3 Å². The molecule has 1 N–H and O–H groups in total. The van der Waals surface area contributed by atoms with Gasteiger partial charge in [0.25, 0.3) is 0 Å². The molecule has 8 heteroatoms. The fourth-order valence-electron chi connectivity index (χ4n) is 3.45. The van der Waals surface area contributed by atoms with E-state index in [4.69, 9.17) is 4.74 Å². The van der Waals surface area contributed by atoms with Gasteiger partial charge in [-0.15, -0.1) is 0 Å². The highest BCUT2D eigenvalue weighted by Crippen LogP contribution is 2.18. The molecule has 0 saturated carbocycles. The summed E-state index contributed by atoms with van der Waals surface area (Å²) < 4.78 is 28.7. The maximum Gasteiger partial charge on any atom is 0.193 e. The molecule has 2 aromatic carbocycles. The molecule has 2 aromatic rings. The predicted octanol–water partition coefficient (Wildman–Crippen LogP) is 2.17. The van der Waals surface area contributed by atoms with Crippen molar-refractivity contribution in [1.29, 1.82) is 0 Å². The number of hydrogen-bond donors (Lipinski definition) is 1. The second-order valence-corrected chi connectivity index (χ2v) is 9.39. The number of sulfone groups is 1. The molecule has 0 radical (unpaired) electrons. The van der Waals surface area contributed by atoms with Crippen molar-refractivity contribution in [2.75, 3.05) is 57.5 Å². The van der Waals surface area contributed by atoms with Gasteiger partial charge in [-0.1, -0.05) is 12.1 Å². The van der Waals surface area contributed by atoms with Crippen LogP contribution in [0.1, 0.15) is 5.56 Å². The normalized spacial score (nSPS) is 15.2. The van der Waals surface area contributed by atoms with Crippen molar-refractivity contribution >= 4 is 21.5 Å². The maximum atomic E-state index is 11.5. The Morgan fingerprint density at radius 3 is 2.40 bits per heavy atom. The Bertz CT molecular complexity index is 966. The third kappa shape index (κ3) is 5.89. The molecule has 30 heavy (non-hydrogen) atoms. The van der Waals surface area contributed by atoms with Gasteiger partial charge in [-0.2, -0.15) is 0 Å². The van der Waals surface area contributed by atoms with E-state index < -0.39 is 9.84 Å². The molecular formula is C22H30N4O3S. The van der Waals surface area contributed by atoms with E-state index in [-0.39, 0.29) is 4.90 Å². The lowest BCUT2D eigenvalue weighted by Crippen LogP contribution is -2.53. The summed E-state index contributed by atoms with van der Waals surface area (Å²) in [7, 11) is -1.40. The fraction of sp³-hybridized carbons (Fsp3) is 0.409. The Labute approximate surface area is 179 Å². The van der Waals surface area contributed by atoms with Gasteiger partial charge in [0.15, 0.2) is 15.8 Å². The zero-order valence-corrected chi connectivity index (χ0v) is 18.7. The minimum atomic E-state index is -3.19. The number of rotatable bonds is 6. The number of guanidine groups is 1. The van der Waals surface area contributed by atoms with Gasteiger partial charge < -0.3 is 19.9 Å². The quantitative estimate of drug-likeness (QED) is 0.430. The Morgan fingerprint density at radius 2 is 1.80 bits per heavy atom. The molecule has 0 aliphatic carbocycles. The Hall–Kier alpha value is -2.74. The Balaban J connectivity index is 1.43. The highest BCUT2D eigenvalue weighted by molar-refractivity contribution is 7.90. The zero-order chi connectivity index (χ0) is 21.6. The maximum absolute atomic E-state index is 11.5. The molecule has 0 bridgehead atoms. The van der Waals surface area contributed by atoms with Crippen molar-refractivity contribution in [3.8, 4) is 5.75 Å². The predicted molar refractivity (Wildman–Crippen MR) is 121 cm³/mol. The lowest BCUT2D eigenvalue weighted by Gasteiger charge is -2.37. The van der Waals surface area contributed by atoms with E-state index in [0.29, 0.717) is 18.9 Å². The van der Waals surface area contributed by atoms with Gasteiger partial charge in [0.2, 0.25) is 0 Å². The topological polar surface area (TPSA) is 74.2 Å². The lowest BCUT2D eigenvalue weighted by atomic mass is 10.2. The van der Waals surface area contributed by atoms with Crippen molar-refractivity contribution in [2.45, 2.75) is 11.8 Å². The van der Waals surface area contributed by atoms with Crippen LogP contribution in [0.2, 0.25) is 0 Å². The number of piperazine rings is 1. The molecule has 0 unspecified atom stereocenters. The molecule has 1 heterocycles. The number of hydrogen-bond acceptors (Lipinski definition) is 5. The van der Waals surface area contributed by atoms with Crippen LogP contribution in [0.25, 0.3) is 0 Å². The smallest absolute Gasteiger partial charge is 0.193 e. The van der Waals surface area contributed by atoms with Crippen LogP contribution in [-0.2, 0) is 9.84 Å². The van der Waals surface area contributed by atoms with E-state index in [2.05, 4.69) is 51.3 Å². The third-order valence-electron chi connectivity index (χ3n) is 5.06. The number of aliphatic imine (C=N–C) groups is 1. The van der Waals surface area contributed by atoms with Crippen LogP contribution in [0, 0.1) is 6.92 Å². The molecule has 7 nitrogen and oxygen atoms in total. The van der Waals surface area contributed by atoms with Crippen molar-refractivity contribution in [3.63, 3.8) is 0 Å². The summed E-state index contributed by atoms with van der Waals surface area (Å²) in [5, 5.41) is 3.35. The second kappa shape index (κ2) is 9.84. The number of nitrogens with zero attached hydrogens (tertiary/aromatic N) is 3. The number of benzene rings is 2. The van der Waals surface area contributed by atoms with Gasteiger partial charge in [-0.3, -0.25) is 4.99 Å². The standard InChI is InChI=1S/C22H30N4O3S/c1-18-5-4-6-19(17-18)25-12-14-26(15-13-25)22(23-2)24-11-16-29-20-7-9-21(10-8-20)30(3,27)28/h4-10,17H,11-16H2,1-3H3,(H,23,24). The van der Waals surface area contributed by atoms with E-state index in [1.807, 2.05) is 0 Å². The molecular weight excluding hydrogens is 400 g/mol. The summed E-state index contributed by atoms with van der Waals surface area (Å²) in [6, 6.07) is 15.1. The van der Waals surface area contributed by atoms with Crippen LogP contribution in [-0.4, -0.2) is 71.9 Å². The van der Waals surface area contributed by atoms with Crippen LogP contribution >= 0.6 is 0 Å². The first kappa shape index (κ1) is 22.0. The first-order valence-electron chi connectivity index (χ1n) is 10.1. The number of aryl methyl sites for hydroxylation is 1. The first-order valence-corrected chi connectivity index (χ1v) is 12.0. The van der Waals surface area contributed by atoms with E-state index in [1.165, 1.54) is 17.5 Å². The number of anilines is 1. The van der Waals surface area contributed by atoms with Crippen molar-refractivity contribution < 1.29 is 13.2 Å². The van der Waals surface area contributed by atoms with E-state index in [9.17, 15) is 8.42 Å². The summed E-state index contributed by atoms with van der Waals surface area (Å²) in [6.07, 6.45) is 1.19. The van der Waals surface area contributed by atoms with Crippen molar-refractivity contribution in [2.24, 2.45) is 4.99 Å². The molecule has 0 amide bonds. The van der Waals surface area contributed by atoms with Crippen LogP contribution < -0.4 is 15.0 Å². The average Bonchev–Trinajstić information content (AvgIpc) is 2.74. The number of ether oxygens (including phenoxy) is 1. The molecule has 1 fully saturated rings. The van der Waals surface area contributed by atoms with E-state index >= 15 is 0 Å². The van der Waals surface area contributed by atoms with Gasteiger partial charge in [0.05, 0.1) is 11.4 Å². The fourth-order valence-corrected chi connectivity index (χ4v) is 4.08. The summed E-state index contributed by atoms with van der Waals surface area (Å²) in [5.74, 6) is 1.51. The van der Waals surface area contributed by atoms with Gasteiger partial charge in [-0.05, 0) is 48.9 Å². The lowest BCUT2D eigenvalue weighted by molar-refractivity contribution is 0.315. The molecule has 1 saturated heterocycles.